The molecule has 1 aliphatic heterocycles. The van der Waals surface area contributed by atoms with Gasteiger partial charge in [0.15, 0.2) is 8.15 Å². The molecule has 3 aromatic rings. The fourth-order valence-electron chi connectivity index (χ4n) is 2.46. The maximum absolute atomic E-state index is 6.27. The normalized spacial score (nSPS) is 15.9. The second kappa shape index (κ2) is 4.73. The van der Waals surface area contributed by atoms with Gasteiger partial charge in [0.25, 0.3) is 0 Å². The van der Waals surface area contributed by atoms with Crippen LogP contribution in [0.4, 0.5) is 0 Å². The van der Waals surface area contributed by atoms with Crippen LogP contribution in [0.3, 0.4) is 0 Å². The summed E-state index contributed by atoms with van der Waals surface area (Å²) < 4.78 is 6.27. The maximum atomic E-state index is 6.27. The molecule has 1 atom stereocenters. The fourth-order valence-corrected chi connectivity index (χ4v) is 4.33. The Kier molecular flexibility index (Phi) is 2.75. The van der Waals surface area contributed by atoms with E-state index in [1.165, 1.54) is 16.4 Å². The lowest BCUT2D eigenvalue weighted by Crippen LogP contribution is -2.21. The van der Waals surface area contributed by atoms with Crippen LogP contribution in [0.2, 0.25) is 0 Å². The molecule has 0 saturated carbocycles. The molecule has 96 valence electrons. The van der Waals surface area contributed by atoms with E-state index in [0.29, 0.717) is 0 Å². The molecule has 20 heavy (non-hydrogen) atoms. The number of rotatable bonds is 1. The zero-order chi connectivity index (χ0) is 13.4. The van der Waals surface area contributed by atoms with Gasteiger partial charge < -0.3 is 4.52 Å². The highest BCUT2D eigenvalue weighted by atomic mass is 31.1. The number of pyridine rings is 1. The molecule has 1 aromatic heterocycles. The minimum atomic E-state index is -0.832. The second-order valence-electron chi connectivity index (χ2n) is 4.61. The Bertz CT molecular complexity index is 758. The summed E-state index contributed by atoms with van der Waals surface area (Å²) in [6.07, 6.45) is 3.69. The first kappa shape index (κ1) is 11.6. The monoisotopic (exact) mass is 277 g/mol. The lowest BCUT2D eigenvalue weighted by atomic mass is 10.0. The van der Waals surface area contributed by atoms with Crippen LogP contribution in [-0.2, 0) is 0 Å². The number of nitrogens with zero attached hydrogens (tertiary/aromatic N) is 1. The molecule has 2 aromatic carbocycles. The van der Waals surface area contributed by atoms with Crippen molar-refractivity contribution in [3.05, 3.63) is 73.1 Å². The largest absolute Gasteiger partial charge is 0.464 e. The Hall–Kier alpha value is -2.18. The summed E-state index contributed by atoms with van der Waals surface area (Å²) in [4.78, 5) is 4.22. The molecule has 1 unspecified atom stereocenters. The summed E-state index contributed by atoms with van der Waals surface area (Å²) in [6, 6.07) is 20.8. The molecule has 1 aliphatic rings. The van der Waals surface area contributed by atoms with Crippen molar-refractivity contribution in [3.8, 4) is 16.9 Å². The molecule has 0 aliphatic carbocycles. The summed E-state index contributed by atoms with van der Waals surface area (Å²) in [6.45, 7) is 0. The number of para-hydroxylation sites is 1. The van der Waals surface area contributed by atoms with E-state index in [1.54, 1.807) is 6.20 Å². The predicted octanol–water partition coefficient (Wildman–Crippen LogP) is 3.49. The van der Waals surface area contributed by atoms with Crippen molar-refractivity contribution in [1.29, 1.82) is 0 Å². The average Bonchev–Trinajstić information content (AvgIpc) is 2.55. The third-order valence-electron chi connectivity index (χ3n) is 3.37. The molecule has 0 saturated heterocycles. The van der Waals surface area contributed by atoms with E-state index < -0.39 is 8.15 Å². The SMILES string of the molecule is c1cncc(P2Oc3ccccc3-c3ccccc32)c1. The van der Waals surface area contributed by atoms with Crippen molar-refractivity contribution in [3.63, 3.8) is 0 Å². The van der Waals surface area contributed by atoms with E-state index in [2.05, 4.69) is 47.4 Å². The maximum Gasteiger partial charge on any atom is 0.152 e. The molecule has 0 N–H and O–H groups in total. The Morgan fingerprint density at radius 3 is 2.45 bits per heavy atom. The third kappa shape index (κ3) is 1.81. The lowest BCUT2D eigenvalue weighted by molar-refractivity contribution is 0.629. The number of hydrogen-bond acceptors (Lipinski definition) is 2. The zero-order valence-corrected chi connectivity index (χ0v) is 11.6. The van der Waals surface area contributed by atoms with E-state index in [9.17, 15) is 0 Å². The van der Waals surface area contributed by atoms with Crippen LogP contribution in [0, 0.1) is 0 Å². The molecule has 4 rings (SSSR count). The number of fused-ring (bicyclic) bond motifs is 3. The third-order valence-corrected chi connectivity index (χ3v) is 5.31. The minimum absolute atomic E-state index is 0.832. The van der Waals surface area contributed by atoms with Gasteiger partial charge in [-0.3, -0.25) is 4.98 Å². The molecule has 0 bridgehead atoms. The Balaban J connectivity index is 1.93. The van der Waals surface area contributed by atoms with Crippen molar-refractivity contribution in [2.24, 2.45) is 0 Å². The van der Waals surface area contributed by atoms with Gasteiger partial charge in [0.1, 0.15) is 5.75 Å². The standard InChI is InChI=1S/C17H12NOP/c1-3-9-16-14(7-1)15-8-2-4-10-17(15)20(19-16)13-6-5-11-18-12-13/h1-12H. The van der Waals surface area contributed by atoms with Crippen LogP contribution >= 0.6 is 8.15 Å². The van der Waals surface area contributed by atoms with E-state index in [1.807, 2.05) is 24.4 Å². The number of benzene rings is 2. The highest BCUT2D eigenvalue weighted by Gasteiger charge is 2.27. The van der Waals surface area contributed by atoms with Crippen molar-refractivity contribution in [1.82, 2.24) is 4.98 Å². The topological polar surface area (TPSA) is 22.1 Å². The molecular formula is C17H12NOP. The highest BCUT2D eigenvalue weighted by Crippen LogP contribution is 2.47. The van der Waals surface area contributed by atoms with Crippen LogP contribution < -0.4 is 15.1 Å². The molecular weight excluding hydrogens is 265 g/mol. The summed E-state index contributed by atoms with van der Waals surface area (Å²) in [7, 11) is -0.832. The van der Waals surface area contributed by atoms with Gasteiger partial charge >= 0.3 is 0 Å². The first-order valence-electron chi connectivity index (χ1n) is 6.50. The number of hydrogen-bond donors (Lipinski definition) is 0. The van der Waals surface area contributed by atoms with Gasteiger partial charge in [-0.05, 0) is 23.8 Å². The summed E-state index contributed by atoms with van der Waals surface area (Å²) in [5.41, 5.74) is 2.44. The quantitative estimate of drug-likeness (QED) is 0.635. The van der Waals surface area contributed by atoms with Gasteiger partial charge in [0.2, 0.25) is 0 Å². The molecule has 3 heteroatoms. The average molecular weight is 277 g/mol. The van der Waals surface area contributed by atoms with E-state index in [0.717, 1.165) is 11.1 Å². The number of aromatic nitrogens is 1. The van der Waals surface area contributed by atoms with Gasteiger partial charge in [-0.1, -0.05) is 42.5 Å². The van der Waals surface area contributed by atoms with Crippen LogP contribution in [0.25, 0.3) is 11.1 Å². The summed E-state index contributed by atoms with van der Waals surface area (Å²) in [5.74, 6) is 0.959. The highest BCUT2D eigenvalue weighted by molar-refractivity contribution is 7.69. The smallest absolute Gasteiger partial charge is 0.152 e. The van der Waals surface area contributed by atoms with Crippen molar-refractivity contribution < 1.29 is 4.52 Å². The Morgan fingerprint density at radius 1 is 0.800 bits per heavy atom. The van der Waals surface area contributed by atoms with Crippen LogP contribution in [0.15, 0.2) is 73.1 Å². The van der Waals surface area contributed by atoms with Gasteiger partial charge in [-0.15, -0.1) is 0 Å². The van der Waals surface area contributed by atoms with Gasteiger partial charge in [-0.2, -0.15) is 0 Å². The van der Waals surface area contributed by atoms with E-state index in [-0.39, 0.29) is 0 Å². The van der Waals surface area contributed by atoms with Crippen LogP contribution in [-0.4, -0.2) is 4.98 Å². The molecule has 2 heterocycles. The zero-order valence-electron chi connectivity index (χ0n) is 10.7. The first-order valence-corrected chi connectivity index (χ1v) is 7.76. The van der Waals surface area contributed by atoms with Crippen molar-refractivity contribution in [2.45, 2.75) is 0 Å². The van der Waals surface area contributed by atoms with Crippen LogP contribution in [0.1, 0.15) is 0 Å². The predicted molar refractivity (Wildman–Crippen MR) is 82.9 cm³/mol. The van der Waals surface area contributed by atoms with E-state index in [4.69, 9.17) is 4.52 Å². The van der Waals surface area contributed by atoms with Crippen LogP contribution in [0.5, 0.6) is 5.75 Å². The Morgan fingerprint density at radius 2 is 1.60 bits per heavy atom. The van der Waals surface area contributed by atoms with Crippen molar-refractivity contribution in [2.75, 3.05) is 0 Å². The van der Waals surface area contributed by atoms with Crippen molar-refractivity contribution >= 4 is 18.8 Å². The van der Waals surface area contributed by atoms with Gasteiger partial charge in [0.05, 0.1) is 0 Å². The summed E-state index contributed by atoms with van der Waals surface area (Å²) >= 11 is 0. The molecule has 0 fully saturated rings. The molecule has 2 nitrogen and oxygen atoms in total. The van der Waals surface area contributed by atoms with E-state index >= 15 is 0 Å². The van der Waals surface area contributed by atoms with Gasteiger partial charge in [0, 0.05) is 28.6 Å². The minimum Gasteiger partial charge on any atom is -0.464 e. The Labute approximate surface area is 118 Å². The molecule has 0 spiro atoms. The fraction of sp³-hybridized carbons (Fsp3) is 0. The second-order valence-corrected chi connectivity index (χ2v) is 6.38. The first-order chi connectivity index (χ1) is 9.93. The summed E-state index contributed by atoms with van der Waals surface area (Å²) in [5, 5.41) is 2.40. The molecule has 0 amide bonds. The molecule has 0 radical (unpaired) electrons. The van der Waals surface area contributed by atoms with Gasteiger partial charge in [-0.25, -0.2) is 0 Å². The lowest BCUT2D eigenvalue weighted by Gasteiger charge is -2.28.